The molecule has 0 aliphatic carbocycles. The summed E-state index contributed by atoms with van der Waals surface area (Å²) in [6.45, 7) is 4.21. The number of phenolic OH excluding ortho intramolecular Hbond substituents is 1. The van der Waals surface area contributed by atoms with Crippen LogP contribution in [0.1, 0.15) is 26.7 Å². The zero-order valence-electron chi connectivity index (χ0n) is 9.59. The molecule has 5 heteroatoms. The second kappa shape index (κ2) is 7.64. The number of phenols is 1. The number of non-ortho nitro benzene ring substituents is 1. The van der Waals surface area contributed by atoms with Crippen molar-refractivity contribution in [1.29, 1.82) is 0 Å². The lowest BCUT2D eigenvalue weighted by atomic mass is 10.2. The van der Waals surface area contributed by atoms with Crippen molar-refractivity contribution < 1.29 is 10.0 Å². The molecule has 0 spiro atoms. The Labute approximate surface area is 95.0 Å². The minimum atomic E-state index is -0.514. The van der Waals surface area contributed by atoms with Crippen LogP contribution in [0.4, 0.5) is 5.69 Å². The van der Waals surface area contributed by atoms with Crippen LogP contribution in [0.15, 0.2) is 24.3 Å². The lowest BCUT2D eigenvalue weighted by Crippen LogP contribution is -2.16. The average Bonchev–Trinajstić information content (AvgIpc) is 2.29. The van der Waals surface area contributed by atoms with Crippen molar-refractivity contribution in [3.05, 3.63) is 34.4 Å². The highest BCUT2D eigenvalue weighted by Gasteiger charge is 2.01. The number of nitrogens with two attached hydrogens (primary N) is 1. The monoisotopic (exact) mass is 226 g/mol. The predicted molar refractivity (Wildman–Crippen MR) is 63.3 cm³/mol. The smallest absolute Gasteiger partial charge is 0.269 e. The van der Waals surface area contributed by atoms with Crippen LogP contribution in [-0.2, 0) is 0 Å². The van der Waals surface area contributed by atoms with Crippen molar-refractivity contribution in [3.8, 4) is 5.75 Å². The molecule has 0 unspecified atom stereocenters. The third-order valence-corrected chi connectivity index (χ3v) is 2.11. The van der Waals surface area contributed by atoms with E-state index in [1.165, 1.54) is 24.3 Å². The fourth-order valence-corrected chi connectivity index (χ4v) is 0.863. The minimum absolute atomic E-state index is 0.0159. The summed E-state index contributed by atoms with van der Waals surface area (Å²) in [4.78, 5) is 9.52. The van der Waals surface area contributed by atoms with Gasteiger partial charge in [-0.3, -0.25) is 10.1 Å². The van der Waals surface area contributed by atoms with E-state index < -0.39 is 4.92 Å². The lowest BCUT2D eigenvalue weighted by molar-refractivity contribution is -0.384. The molecule has 5 nitrogen and oxygen atoms in total. The van der Waals surface area contributed by atoms with Crippen LogP contribution in [0.2, 0.25) is 0 Å². The molecular weight excluding hydrogens is 208 g/mol. The summed E-state index contributed by atoms with van der Waals surface area (Å²) in [7, 11) is 0. The third-order valence-electron chi connectivity index (χ3n) is 2.11. The maximum atomic E-state index is 10.0. The van der Waals surface area contributed by atoms with Crippen molar-refractivity contribution >= 4 is 5.69 Å². The zero-order chi connectivity index (χ0) is 12.6. The maximum absolute atomic E-state index is 10.0. The van der Waals surface area contributed by atoms with E-state index in [1.807, 2.05) is 0 Å². The first-order chi connectivity index (χ1) is 7.51. The molecule has 1 aromatic carbocycles. The third kappa shape index (κ3) is 5.98. The maximum Gasteiger partial charge on any atom is 0.269 e. The molecule has 3 N–H and O–H groups in total. The van der Waals surface area contributed by atoms with Gasteiger partial charge in [0.2, 0.25) is 0 Å². The number of nitrogens with zero attached hydrogens (tertiary/aromatic N) is 1. The van der Waals surface area contributed by atoms with Gasteiger partial charge in [0.05, 0.1) is 4.92 Å². The molecule has 0 aromatic heterocycles. The van der Waals surface area contributed by atoms with E-state index in [9.17, 15) is 10.1 Å². The van der Waals surface area contributed by atoms with Crippen LogP contribution >= 0.6 is 0 Å². The predicted octanol–water partition coefficient (Wildman–Crippen LogP) is 2.43. The van der Waals surface area contributed by atoms with Crippen LogP contribution in [0, 0.1) is 10.1 Å². The summed E-state index contributed by atoms with van der Waals surface area (Å²) in [6, 6.07) is 5.48. The number of nitro groups is 1. The van der Waals surface area contributed by atoms with Gasteiger partial charge in [-0.15, -0.1) is 0 Å². The Morgan fingerprint density at radius 2 is 1.75 bits per heavy atom. The largest absolute Gasteiger partial charge is 0.508 e. The summed E-state index contributed by atoms with van der Waals surface area (Å²) < 4.78 is 0. The number of hydrogen-bond donors (Lipinski definition) is 2. The molecule has 0 saturated carbocycles. The summed E-state index contributed by atoms with van der Waals surface area (Å²) in [6.07, 6.45) is 2.22. The first-order valence-electron chi connectivity index (χ1n) is 5.20. The molecule has 0 aliphatic rings. The van der Waals surface area contributed by atoms with Crippen molar-refractivity contribution in [2.24, 2.45) is 5.73 Å². The Bertz CT molecular complexity index is 308. The minimum Gasteiger partial charge on any atom is -0.508 e. The molecule has 0 amide bonds. The van der Waals surface area contributed by atoms with E-state index in [0.717, 1.165) is 12.8 Å². The van der Waals surface area contributed by atoms with Gasteiger partial charge in [0.15, 0.2) is 0 Å². The normalized spacial score (nSPS) is 9.50. The van der Waals surface area contributed by atoms with Crippen LogP contribution in [0.25, 0.3) is 0 Å². The lowest BCUT2D eigenvalue weighted by Gasteiger charge is -1.99. The molecule has 0 fully saturated rings. The zero-order valence-corrected chi connectivity index (χ0v) is 9.59. The van der Waals surface area contributed by atoms with Crippen LogP contribution in [-0.4, -0.2) is 16.1 Å². The van der Waals surface area contributed by atoms with Gasteiger partial charge < -0.3 is 10.8 Å². The molecular formula is C11H18N2O3. The van der Waals surface area contributed by atoms with Crippen molar-refractivity contribution in [2.45, 2.75) is 32.7 Å². The van der Waals surface area contributed by atoms with Crippen molar-refractivity contribution in [1.82, 2.24) is 0 Å². The Balaban J connectivity index is 0.000000325. The molecule has 90 valence electrons. The van der Waals surface area contributed by atoms with Gasteiger partial charge in [0, 0.05) is 18.2 Å². The Morgan fingerprint density at radius 3 is 2.00 bits per heavy atom. The van der Waals surface area contributed by atoms with Crippen LogP contribution < -0.4 is 5.73 Å². The van der Waals surface area contributed by atoms with Gasteiger partial charge >= 0.3 is 0 Å². The van der Waals surface area contributed by atoms with E-state index >= 15 is 0 Å². The molecule has 0 aliphatic heterocycles. The Morgan fingerprint density at radius 1 is 1.31 bits per heavy atom. The molecule has 0 atom stereocenters. The standard InChI is InChI=1S/C6H5NO3.C5H13N/c8-6-3-1-5(2-4-6)7(9)10;1-3-5(6)4-2/h1-4,8H;5H,3-4,6H2,1-2H3. The van der Waals surface area contributed by atoms with Gasteiger partial charge in [0.25, 0.3) is 5.69 Å². The fraction of sp³-hybridized carbons (Fsp3) is 0.455. The number of hydrogen-bond acceptors (Lipinski definition) is 4. The molecule has 0 heterocycles. The van der Waals surface area contributed by atoms with Gasteiger partial charge in [-0.1, -0.05) is 13.8 Å². The second-order valence-electron chi connectivity index (χ2n) is 3.35. The number of nitro benzene ring substituents is 1. The highest BCUT2D eigenvalue weighted by molar-refractivity contribution is 5.34. The summed E-state index contributed by atoms with van der Waals surface area (Å²) >= 11 is 0. The molecule has 0 radical (unpaired) electrons. The molecule has 0 bridgehead atoms. The second-order valence-corrected chi connectivity index (χ2v) is 3.35. The van der Waals surface area contributed by atoms with Crippen LogP contribution in [0.5, 0.6) is 5.75 Å². The molecule has 1 rings (SSSR count). The van der Waals surface area contributed by atoms with E-state index in [0.29, 0.717) is 6.04 Å². The Kier molecular flexibility index (Phi) is 6.87. The summed E-state index contributed by atoms with van der Waals surface area (Å²) in [5.74, 6) is 0.0330. The number of aromatic hydroxyl groups is 1. The number of rotatable bonds is 3. The van der Waals surface area contributed by atoms with Crippen molar-refractivity contribution in [3.63, 3.8) is 0 Å². The summed E-state index contributed by atoms with van der Waals surface area (Å²) in [5, 5.41) is 18.8. The molecule has 16 heavy (non-hydrogen) atoms. The SMILES string of the molecule is CCC(N)CC.O=[N+]([O-])c1ccc(O)cc1. The number of benzene rings is 1. The van der Waals surface area contributed by atoms with Gasteiger partial charge in [-0.25, -0.2) is 0 Å². The average molecular weight is 226 g/mol. The van der Waals surface area contributed by atoms with Crippen LogP contribution in [0.3, 0.4) is 0 Å². The topological polar surface area (TPSA) is 89.4 Å². The highest BCUT2D eigenvalue weighted by Crippen LogP contribution is 2.14. The van der Waals surface area contributed by atoms with E-state index in [2.05, 4.69) is 13.8 Å². The van der Waals surface area contributed by atoms with Gasteiger partial charge in [-0.05, 0) is 25.0 Å². The first-order valence-corrected chi connectivity index (χ1v) is 5.20. The van der Waals surface area contributed by atoms with Gasteiger partial charge in [-0.2, -0.15) is 0 Å². The van der Waals surface area contributed by atoms with E-state index in [1.54, 1.807) is 0 Å². The van der Waals surface area contributed by atoms with E-state index in [-0.39, 0.29) is 11.4 Å². The fourth-order valence-electron chi connectivity index (χ4n) is 0.863. The molecule has 1 aromatic rings. The highest BCUT2D eigenvalue weighted by atomic mass is 16.6. The van der Waals surface area contributed by atoms with E-state index in [4.69, 9.17) is 10.8 Å². The Hall–Kier alpha value is -1.62. The quantitative estimate of drug-likeness (QED) is 0.611. The first kappa shape index (κ1) is 14.4. The molecule has 0 saturated heterocycles. The van der Waals surface area contributed by atoms with Crippen molar-refractivity contribution in [2.75, 3.05) is 0 Å². The summed E-state index contributed by atoms with van der Waals surface area (Å²) in [5.41, 5.74) is 5.46. The van der Waals surface area contributed by atoms with Gasteiger partial charge in [0.1, 0.15) is 5.75 Å².